The highest BCUT2D eigenvalue weighted by molar-refractivity contribution is 7.98. The normalized spacial score (nSPS) is 13.4. The van der Waals surface area contributed by atoms with Crippen molar-refractivity contribution in [3.05, 3.63) is 117 Å². The second kappa shape index (κ2) is 11.5. The summed E-state index contributed by atoms with van der Waals surface area (Å²) in [6.45, 7) is 0.195. The maximum absolute atomic E-state index is 12.9. The minimum Gasteiger partial charge on any atom is -0.274 e. The van der Waals surface area contributed by atoms with Crippen molar-refractivity contribution < 1.29 is 22.8 Å². The minimum atomic E-state index is -4.37. The van der Waals surface area contributed by atoms with Gasteiger partial charge in [0.15, 0.2) is 0 Å². The molecule has 3 aromatic carbocycles. The van der Waals surface area contributed by atoms with Crippen molar-refractivity contribution in [2.75, 3.05) is 6.54 Å². The van der Waals surface area contributed by atoms with Crippen molar-refractivity contribution in [1.29, 1.82) is 5.26 Å². The van der Waals surface area contributed by atoms with Gasteiger partial charge >= 0.3 is 6.18 Å². The first-order chi connectivity index (χ1) is 19.2. The molecule has 0 fully saturated rings. The number of carbonyl (C=O) groups is 2. The van der Waals surface area contributed by atoms with Gasteiger partial charge in [-0.1, -0.05) is 42.5 Å². The molecule has 1 aromatic heterocycles. The number of halogens is 3. The molecule has 0 saturated heterocycles. The van der Waals surface area contributed by atoms with Gasteiger partial charge in [-0.15, -0.1) is 23.1 Å². The van der Waals surface area contributed by atoms with Crippen LogP contribution in [0.1, 0.15) is 48.1 Å². The molecule has 40 heavy (non-hydrogen) atoms. The standard InChI is InChI=1S/C30H20F3N3O2S2/c31-30(32,33)22-5-3-4-20(15-22)17-39-24-10-8-19(9-11-24)14-21(16-34)27-35-23(18-40-27)12-13-36-28(37)25-6-1-2-7-26(25)29(36)38/h1-11,14-15,18H,12-13,17H2/b21-14+. The number of thiazole rings is 1. The average molecular weight is 576 g/mol. The number of aromatic nitrogens is 1. The van der Waals surface area contributed by atoms with Crippen LogP contribution in [0.25, 0.3) is 11.6 Å². The number of thioether (sulfide) groups is 1. The topological polar surface area (TPSA) is 74.1 Å². The van der Waals surface area contributed by atoms with E-state index in [9.17, 15) is 28.0 Å². The summed E-state index contributed by atoms with van der Waals surface area (Å²) in [4.78, 5) is 31.8. The van der Waals surface area contributed by atoms with Crippen LogP contribution in [-0.4, -0.2) is 28.2 Å². The number of allylic oxidation sites excluding steroid dienone is 1. The molecule has 0 atom stereocenters. The monoisotopic (exact) mass is 575 g/mol. The first-order valence-electron chi connectivity index (χ1n) is 12.1. The smallest absolute Gasteiger partial charge is 0.274 e. The van der Waals surface area contributed by atoms with E-state index < -0.39 is 11.7 Å². The molecule has 1 aliphatic heterocycles. The number of hydrogen-bond acceptors (Lipinski definition) is 6. The Labute approximate surface area is 236 Å². The van der Waals surface area contributed by atoms with E-state index in [-0.39, 0.29) is 18.4 Å². The van der Waals surface area contributed by atoms with E-state index >= 15 is 0 Å². The highest BCUT2D eigenvalue weighted by Crippen LogP contribution is 2.32. The van der Waals surface area contributed by atoms with Crippen molar-refractivity contribution in [2.24, 2.45) is 0 Å². The Morgan fingerprint density at radius 3 is 2.35 bits per heavy atom. The van der Waals surface area contributed by atoms with Crippen molar-refractivity contribution in [3.63, 3.8) is 0 Å². The fourth-order valence-corrected chi connectivity index (χ4v) is 5.85. The Morgan fingerprint density at radius 1 is 1.00 bits per heavy atom. The van der Waals surface area contributed by atoms with Gasteiger partial charge < -0.3 is 0 Å². The van der Waals surface area contributed by atoms with Crippen molar-refractivity contribution >= 4 is 46.6 Å². The molecule has 0 N–H and O–H groups in total. The number of nitrogens with zero attached hydrogens (tertiary/aromatic N) is 3. The molecule has 0 saturated carbocycles. The quantitative estimate of drug-likeness (QED) is 0.125. The summed E-state index contributed by atoms with van der Waals surface area (Å²) in [7, 11) is 0. The van der Waals surface area contributed by atoms with E-state index in [0.717, 1.165) is 22.6 Å². The average Bonchev–Trinajstić information content (AvgIpc) is 3.52. The first kappa shape index (κ1) is 27.4. The Hall–Kier alpha value is -4.20. The van der Waals surface area contributed by atoms with E-state index in [1.54, 1.807) is 36.4 Å². The third-order valence-electron chi connectivity index (χ3n) is 6.22. The third-order valence-corrected chi connectivity index (χ3v) is 8.23. The van der Waals surface area contributed by atoms with Gasteiger partial charge in [-0.25, -0.2) is 4.98 Å². The lowest BCUT2D eigenvalue weighted by Gasteiger charge is -2.12. The molecule has 5 rings (SSSR count). The molecular weight excluding hydrogens is 555 g/mol. The van der Waals surface area contributed by atoms with Crippen LogP contribution in [0.5, 0.6) is 0 Å². The number of rotatable bonds is 8. The summed E-state index contributed by atoms with van der Waals surface area (Å²) in [5, 5.41) is 12.1. The number of benzene rings is 3. The van der Waals surface area contributed by atoms with Crippen LogP contribution in [0.3, 0.4) is 0 Å². The van der Waals surface area contributed by atoms with Crippen LogP contribution < -0.4 is 0 Å². The fourth-order valence-electron chi connectivity index (χ4n) is 4.19. The van der Waals surface area contributed by atoms with Crippen molar-refractivity contribution in [2.45, 2.75) is 23.2 Å². The molecule has 0 radical (unpaired) electrons. The predicted molar refractivity (Wildman–Crippen MR) is 149 cm³/mol. The van der Waals surface area contributed by atoms with Gasteiger partial charge in [0.25, 0.3) is 11.8 Å². The van der Waals surface area contributed by atoms with Crippen LogP contribution in [0.15, 0.2) is 83.1 Å². The summed E-state index contributed by atoms with van der Waals surface area (Å²) in [6.07, 6.45) is -2.28. The van der Waals surface area contributed by atoms with Crippen LogP contribution in [-0.2, 0) is 18.3 Å². The zero-order valence-corrected chi connectivity index (χ0v) is 22.4. The second-order valence-electron chi connectivity index (χ2n) is 8.93. The van der Waals surface area contributed by atoms with Crippen LogP contribution in [0.2, 0.25) is 0 Å². The largest absolute Gasteiger partial charge is 0.416 e. The number of hydrogen-bond donors (Lipinski definition) is 0. The van der Waals surface area contributed by atoms with E-state index in [4.69, 9.17) is 0 Å². The van der Waals surface area contributed by atoms with Crippen LogP contribution >= 0.6 is 23.1 Å². The van der Waals surface area contributed by atoms with Gasteiger partial charge in [-0.3, -0.25) is 14.5 Å². The van der Waals surface area contributed by atoms with Gasteiger partial charge in [0.1, 0.15) is 11.1 Å². The maximum atomic E-state index is 12.9. The SMILES string of the molecule is N#C/C(=C\c1ccc(SCc2cccc(C(F)(F)F)c2)cc1)c1nc(CCN2C(=O)c3ccccc3C2=O)cs1. The molecule has 2 heterocycles. The summed E-state index contributed by atoms with van der Waals surface area (Å²) in [5.74, 6) is -0.235. The zero-order chi connectivity index (χ0) is 28.3. The van der Waals surface area contributed by atoms with Gasteiger partial charge in [0.2, 0.25) is 0 Å². The lowest BCUT2D eigenvalue weighted by molar-refractivity contribution is -0.137. The molecule has 0 spiro atoms. The highest BCUT2D eigenvalue weighted by Gasteiger charge is 2.34. The van der Waals surface area contributed by atoms with Gasteiger partial charge in [-0.2, -0.15) is 18.4 Å². The van der Waals surface area contributed by atoms with E-state index in [1.165, 1.54) is 34.1 Å². The van der Waals surface area contributed by atoms with Gasteiger partial charge in [-0.05, 0) is 47.5 Å². The summed E-state index contributed by atoms with van der Waals surface area (Å²) in [5.41, 5.74) is 2.56. The lowest BCUT2D eigenvalue weighted by Crippen LogP contribution is -2.31. The number of amides is 2. The van der Waals surface area contributed by atoms with Crippen LogP contribution in [0.4, 0.5) is 13.2 Å². The second-order valence-corrected chi connectivity index (χ2v) is 10.8. The molecule has 1 aliphatic rings. The van der Waals surface area contributed by atoms with Gasteiger partial charge in [0, 0.05) is 29.0 Å². The highest BCUT2D eigenvalue weighted by atomic mass is 32.2. The predicted octanol–water partition coefficient (Wildman–Crippen LogP) is 7.36. The number of nitriles is 1. The molecular formula is C30H20F3N3O2S2. The molecule has 200 valence electrons. The fraction of sp³-hybridized carbons (Fsp3) is 0.133. The summed E-state index contributed by atoms with van der Waals surface area (Å²) < 4.78 is 38.8. The van der Waals surface area contributed by atoms with Gasteiger partial charge in [0.05, 0.1) is 28.0 Å². The number of fused-ring (bicyclic) bond motifs is 1. The number of imide groups is 1. The van der Waals surface area contributed by atoms with Crippen LogP contribution in [0, 0.1) is 11.3 Å². The molecule has 0 bridgehead atoms. The molecule has 2 amide bonds. The Bertz CT molecular complexity index is 1620. The van der Waals surface area contributed by atoms with E-state index in [0.29, 0.717) is 45.1 Å². The van der Waals surface area contributed by atoms with E-state index in [2.05, 4.69) is 11.1 Å². The summed E-state index contributed by atoms with van der Waals surface area (Å²) in [6, 6.07) is 21.6. The minimum absolute atomic E-state index is 0.195. The molecule has 0 unspecified atom stereocenters. The number of carbonyl (C=O) groups excluding carboxylic acids is 2. The maximum Gasteiger partial charge on any atom is 0.416 e. The molecule has 5 nitrogen and oxygen atoms in total. The third kappa shape index (κ3) is 6.01. The summed E-state index contributed by atoms with van der Waals surface area (Å²) >= 11 is 2.73. The Morgan fingerprint density at radius 2 is 1.70 bits per heavy atom. The lowest BCUT2D eigenvalue weighted by atomic mass is 10.1. The Kier molecular flexibility index (Phi) is 7.87. The Balaban J connectivity index is 1.20. The molecule has 4 aromatic rings. The zero-order valence-electron chi connectivity index (χ0n) is 20.8. The van der Waals surface area contributed by atoms with Crippen molar-refractivity contribution in [1.82, 2.24) is 9.88 Å². The molecule has 10 heteroatoms. The number of alkyl halides is 3. The van der Waals surface area contributed by atoms with E-state index in [1.807, 2.05) is 29.6 Å². The molecule has 0 aliphatic carbocycles. The van der Waals surface area contributed by atoms with Crippen molar-refractivity contribution in [3.8, 4) is 6.07 Å². The first-order valence-corrected chi connectivity index (χ1v) is 14.0.